The summed E-state index contributed by atoms with van der Waals surface area (Å²) in [7, 11) is 0. The standard InChI is InChI=1S/C15H11BrClFOS/c16-11-6-5-10(14(18)8-11)7-12(19)9-20-15-4-2-1-3-13(15)17/h1-6,8H,7,9H2. The van der Waals surface area contributed by atoms with Crippen LogP contribution in [0.5, 0.6) is 0 Å². The van der Waals surface area contributed by atoms with Crippen molar-refractivity contribution >= 4 is 45.1 Å². The van der Waals surface area contributed by atoms with Crippen molar-refractivity contribution in [1.29, 1.82) is 0 Å². The van der Waals surface area contributed by atoms with Gasteiger partial charge >= 0.3 is 0 Å². The van der Waals surface area contributed by atoms with E-state index in [1.807, 2.05) is 18.2 Å². The van der Waals surface area contributed by atoms with Crippen molar-refractivity contribution in [2.24, 2.45) is 0 Å². The van der Waals surface area contributed by atoms with Gasteiger partial charge in [0.25, 0.3) is 0 Å². The molecular weight excluding hydrogens is 363 g/mol. The number of hydrogen-bond acceptors (Lipinski definition) is 2. The number of carbonyl (C=O) groups excluding carboxylic acids is 1. The minimum Gasteiger partial charge on any atom is -0.298 e. The molecule has 2 aromatic rings. The lowest BCUT2D eigenvalue weighted by atomic mass is 10.1. The van der Waals surface area contributed by atoms with Crippen molar-refractivity contribution in [2.45, 2.75) is 11.3 Å². The van der Waals surface area contributed by atoms with Crippen molar-refractivity contribution in [3.05, 3.63) is 63.3 Å². The van der Waals surface area contributed by atoms with Crippen LogP contribution in [0.2, 0.25) is 5.02 Å². The zero-order valence-electron chi connectivity index (χ0n) is 10.4. The molecule has 104 valence electrons. The molecule has 5 heteroatoms. The number of halogens is 3. The van der Waals surface area contributed by atoms with Gasteiger partial charge in [0, 0.05) is 15.8 Å². The molecule has 0 aliphatic carbocycles. The third kappa shape index (κ3) is 4.33. The molecule has 2 aromatic carbocycles. The summed E-state index contributed by atoms with van der Waals surface area (Å²) in [4.78, 5) is 12.8. The molecule has 0 fully saturated rings. The number of ketones is 1. The molecule has 0 bridgehead atoms. The molecule has 2 rings (SSSR count). The van der Waals surface area contributed by atoms with Gasteiger partial charge in [-0.05, 0) is 29.8 Å². The number of rotatable bonds is 5. The van der Waals surface area contributed by atoms with Gasteiger partial charge in [-0.15, -0.1) is 11.8 Å². The maximum absolute atomic E-state index is 13.6. The number of thioether (sulfide) groups is 1. The first-order chi connectivity index (χ1) is 9.56. The molecule has 20 heavy (non-hydrogen) atoms. The van der Waals surface area contributed by atoms with Gasteiger partial charge in [-0.1, -0.05) is 45.7 Å². The van der Waals surface area contributed by atoms with Crippen LogP contribution in [0.25, 0.3) is 0 Å². The minimum absolute atomic E-state index is 0.0313. The summed E-state index contributed by atoms with van der Waals surface area (Å²) in [5.74, 6) is -0.120. The van der Waals surface area contributed by atoms with Gasteiger partial charge in [-0.3, -0.25) is 4.79 Å². The van der Waals surface area contributed by atoms with E-state index in [-0.39, 0.29) is 23.8 Å². The number of hydrogen-bond donors (Lipinski definition) is 0. The van der Waals surface area contributed by atoms with Crippen LogP contribution < -0.4 is 0 Å². The first kappa shape index (κ1) is 15.5. The maximum Gasteiger partial charge on any atom is 0.147 e. The molecule has 1 nitrogen and oxygen atoms in total. The van der Waals surface area contributed by atoms with E-state index in [2.05, 4.69) is 15.9 Å². The average Bonchev–Trinajstić information content (AvgIpc) is 2.41. The highest BCUT2D eigenvalue weighted by Gasteiger charge is 2.10. The first-order valence-electron chi connectivity index (χ1n) is 5.89. The lowest BCUT2D eigenvalue weighted by Gasteiger charge is -2.05. The Morgan fingerprint density at radius 2 is 2.00 bits per heavy atom. The molecule has 0 unspecified atom stereocenters. The Kier molecular flexibility index (Phi) is 5.64. The first-order valence-corrected chi connectivity index (χ1v) is 8.05. The second-order valence-corrected chi connectivity index (χ2v) is 6.51. The lowest BCUT2D eigenvalue weighted by molar-refractivity contribution is -0.116. The molecule has 0 amide bonds. The van der Waals surface area contributed by atoms with E-state index in [4.69, 9.17) is 11.6 Å². The molecule has 0 aromatic heterocycles. The molecular formula is C15H11BrClFOS. The summed E-state index contributed by atoms with van der Waals surface area (Å²) in [5, 5.41) is 0.625. The Bertz CT molecular complexity index is 633. The highest BCUT2D eigenvalue weighted by molar-refractivity contribution is 9.10. The number of carbonyl (C=O) groups is 1. The summed E-state index contributed by atoms with van der Waals surface area (Å²) in [6, 6.07) is 12.1. The van der Waals surface area contributed by atoms with E-state index in [9.17, 15) is 9.18 Å². The lowest BCUT2D eigenvalue weighted by Crippen LogP contribution is -2.07. The SMILES string of the molecule is O=C(CSc1ccccc1Cl)Cc1ccc(Br)cc1F. The fourth-order valence-electron chi connectivity index (χ4n) is 1.65. The molecule has 0 saturated carbocycles. The molecule has 0 aliphatic heterocycles. The van der Waals surface area contributed by atoms with Gasteiger partial charge in [0.2, 0.25) is 0 Å². The van der Waals surface area contributed by atoms with Crippen LogP contribution in [-0.4, -0.2) is 11.5 Å². The van der Waals surface area contributed by atoms with Crippen molar-refractivity contribution in [3.63, 3.8) is 0 Å². The third-order valence-electron chi connectivity index (χ3n) is 2.63. The predicted molar refractivity (Wildman–Crippen MR) is 85.0 cm³/mol. The van der Waals surface area contributed by atoms with Crippen molar-refractivity contribution in [2.75, 3.05) is 5.75 Å². The second-order valence-electron chi connectivity index (χ2n) is 4.17. The molecule has 0 heterocycles. The van der Waals surface area contributed by atoms with Crippen LogP contribution in [0.1, 0.15) is 5.56 Å². The Morgan fingerprint density at radius 1 is 1.25 bits per heavy atom. The summed E-state index contributed by atoms with van der Waals surface area (Å²) >= 11 is 10.6. The highest BCUT2D eigenvalue weighted by atomic mass is 79.9. The van der Waals surface area contributed by atoms with Gasteiger partial charge in [-0.25, -0.2) is 4.39 Å². The van der Waals surface area contributed by atoms with Crippen molar-refractivity contribution in [1.82, 2.24) is 0 Å². The maximum atomic E-state index is 13.6. The topological polar surface area (TPSA) is 17.1 Å². The van der Waals surface area contributed by atoms with Crippen molar-refractivity contribution < 1.29 is 9.18 Å². The monoisotopic (exact) mass is 372 g/mol. The normalized spacial score (nSPS) is 10.6. The molecule has 0 aliphatic rings. The van der Waals surface area contributed by atoms with Crippen LogP contribution in [0, 0.1) is 5.82 Å². The Labute approximate surface area is 134 Å². The Morgan fingerprint density at radius 3 is 2.70 bits per heavy atom. The zero-order chi connectivity index (χ0) is 14.5. The van der Waals surface area contributed by atoms with E-state index in [0.29, 0.717) is 15.1 Å². The summed E-state index contributed by atoms with van der Waals surface area (Å²) < 4.78 is 14.3. The van der Waals surface area contributed by atoms with Gasteiger partial charge < -0.3 is 0 Å². The Hall–Kier alpha value is -0.840. The summed E-state index contributed by atoms with van der Waals surface area (Å²) in [6.07, 6.45) is 0.0938. The fourth-order valence-corrected chi connectivity index (χ4v) is 3.08. The third-order valence-corrected chi connectivity index (χ3v) is 4.70. The van der Waals surface area contributed by atoms with Gasteiger partial charge in [0.15, 0.2) is 0 Å². The van der Waals surface area contributed by atoms with Gasteiger partial charge in [-0.2, -0.15) is 0 Å². The van der Waals surface area contributed by atoms with Crippen molar-refractivity contribution in [3.8, 4) is 0 Å². The second kappa shape index (κ2) is 7.25. The van der Waals surface area contributed by atoms with Crippen LogP contribution >= 0.6 is 39.3 Å². The van der Waals surface area contributed by atoms with E-state index >= 15 is 0 Å². The molecule has 0 saturated heterocycles. The van der Waals surface area contributed by atoms with Gasteiger partial charge in [0.1, 0.15) is 11.6 Å². The molecule has 0 N–H and O–H groups in total. The number of Topliss-reactive ketones (excluding diaryl/α,β-unsaturated/α-hetero) is 1. The van der Waals surface area contributed by atoms with Crippen LogP contribution in [0.3, 0.4) is 0 Å². The van der Waals surface area contributed by atoms with Crippen LogP contribution in [0.15, 0.2) is 51.8 Å². The van der Waals surface area contributed by atoms with Gasteiger partial charge in [0.05, 0.1) is 10.8 Å². The minimum atomic E-state index is -0.365. The molecule has 0 radical (unpaired) electrons. The average molecular weight is 374 g/mol. The van der Waals surface area contributed by atoms with E-state index in [0.717, 1.165) is 4.90 Å². The zero-order valence-corrected chi connectivity index (χ0v) is 13.6. The predicted octanol–water partition coefficient (Wildman–Crippen LogP) is 5.15. The fraction of sp³-hybridized carbons (Fsp3) is 0.133. The molecule has 0 spiro atoms. The highest BCUT2D eigenvalue weighted by Crippen LogP contribution is 2.26. The summed E-state index contributed by atoms with van der Waals surface area (Å²) in [6.45, 7) is 0. The van der Waals surface area contributed by atoms with E-state index in [1.54, 1.807) is 18.2 Å². The van der Waals surface area contributed by atoms with Crippen LogP contribution in [0.4, 0.5) is 4.39 Å². The van der Waals surface area contributed by atoms with E-state index in [1.165, 1.54) is 17.8 Å². The molecule has 0 atom stereocenters. The smallest absolute Gasteiger partial charge is 0.147 e. The number of benzene rings is 2. The van der Waals surface area contributed by atoms with E-state index < -0.39 is 0 Å². The summed E-state index contributed by atoms with van der Waals surface area (Å²) in [5.41, 5.74) is 0.415. The largest absolute Gasteiger partial charge is 0.298 e. The van der Waals surface area contributed by atoms with Crippen LogP contribution in [-0.2, 0) is 11.2 Å². The quantitative estimate of drug-likeness (QED) is 0.675. The Balaban J connectivity index is 1.94.